The third-order valence-electron chi connectivity index (χ3n) is 11.6. The zero-order chi connectivity index (χ0) is 37.5. The smallest absolute Gasteiger partial charge is 0.135 e. The molecule has 0 bridgehead atoms. The summed E-state index contributed by atoms with van der Waals surface area (Å²) in [6.45, 7) is 0. The Labute approximate surface area is 333 Å². The first-order chi connectivity index (χ1) is 28.3. The minimum atomic E-state index is 0.879. The molecule has 0 saturated heterocycles. The zero-order valence-electron chi connectivity index (χ0n) is 30.8. The summed E-state index contributed by atoms with van der Waals surface area (Å²) in [7, 11) is 0. The van der Waals surface area contributed by atoms with E-state index in [0.29, 0.717) is 0 Å². The molecule has 0 aliphatic rings. The Morgan fingerprint density at radius 1 is 0.333 bits per heavy atom. The third kappa shape index (κ3) is 4.96. The molecule has 2 aromatic heterocycles. The van der Waals surface area contributed by atoms with E-state index in [4.69, 9.17) is 4.42 Å². The molecule has 0 fully saturated rings. The molecule has 0 saturated carbocycles. The molecule has 0 aliphatic heterocycles. The van der Waals surface area contributed by atoms with E-state index in [2.05, 4.69) is 199 Å². The molecule has 0 radical (unpaired) electrons. The SMILES string of the molecule is c1ccc(-c2ccccc2-c2cc3c4ccccc4c4ccccc4c3cc2N(c2ccc3oc4ccccc4c3c2)c2cccc3sc4ccccc4c23)cc1. The Morgan fingerprint density at radius 3 is 1.68 bits per heavy atom. The quantitative estimate of drug-likeness (QED) is 0.163. The highest BCUT2D eigenvalue weighted by Gasteiger charge is 2.25. The Bertz CT molecular complexity index is 3540. The highest BCUT2D eigenvalue weighted by Crippen LogP contribution is 2.51. The molecule has 0 unspecified atom stereocenters. The second-order valence-corrected chi connectivity index (χ2v) is 15.9. The van der Waals surface area contributed by atoms with Crippen molar-refractivity contribution in [1.29, 1.82) is 0 Å². The highest BCUT2D eigenvalue weighted by atomic mass is 32.1. The summed E-state index contributed by atoms with van der Waals surface area (Å²) in [5.41, 5.74) is 9.82. The number of nitrogens with zero attached hydrogens (tertiary/aromatic N) is 1. The second kappa shape index (κ2) is 12.7. The molecule has 57 heavy (non-hydrogen) atoms. The number of anilines is 3. The number of para-hydroxylation sites is 1. The minimum absolute atomic E-state index is 0.879. The van der Waals surface area contributed by atoms with E-state index in [-0.39, 0.29) is 0 Å². The second-order valence-electron chi connectivity index (χ2n) is 14.8. The summed E-state index contributed by atoms with van der Waals surface area (Å²) >= 11 is 1.85. The summed E-state index contributed by atoms with van der Waals surface area (Å²) in [5, 5.41) is 12.2. The van der Waals surface area contributed by atoms with Crippen LogP contribution in [0.5, 0.6) is 0 Å². The molecule has 2 nitrogen and oxygen atoms in total. The molecule has 3 heteroatoms. The van der Waals surface area contributed by atoms with Gasteiger partial charge in [0.25, 0.3) is 0 Å². The van der Waals surface area contributed by atoms with Gasteiger partial charge in [-0.1, -0.05) is 146 Å². The van der Waals surface area contributed by atoms with Crippen LogP contribution >= 0.6 is 11.3 Å². The topological polar surface area (TPSA) is 16.4 Å². The van der Waals surface area contributed by atoms with Crippen molar-refractivity contribution in [3.05, 3.63) is 200 Å². The van der Waals surface area contributed by atoms with Gasteiger partial charge < -0.3 is 9.32 Å². The fourth-order valence-corrected chi connectivity index (χ4v) is 10.3. The summed E-state index contributed by atoms with van der Waals surface area (Å²) in [5.74, 6) is 0. The van der Waals surface area contributed by atoms with Crippen LogP contribution in [0.4, 0.5) is 17.1 Å². The predicted molar refractivity (Wildman–Crippen MR) is 245 cm³/mol. The van der Waals surface area contributed by atoms with E-state index in [0.717, 1.165) is 44.6 Å². The number of benzene rings is 10. The first kappa shape index (κ1) is 32.1. The van der Waals surface area contributed by atoms with Crippen LogP contribution in [0, 0.1) is 0 Å². The van der Waals surface area contributed by atoms with E-state index < -0.39 is 0 Å². The summed E-state index contributed by atoms with van der Waals surface area (Å²) in [6.07, 6.45) is 0. The number of rotatable bonds is 5. The predicted octanol–water partition coefficient (Wildman–Crippen LogP) is 16.2. The summed E-state index contributed by atoms with van der Waals surface area (Å²) < 4.78 is 8.94. The van der Waals surface area contributed by atoms with Crippen molar-refractivity contribution < 1.29 is 4.42 Å². The molecule has 12 aromatic rings. The van der Waals surface area contributed by atoms with Gasteiger partial charge in [-0.3, -0.25) is 0 Å². The number of hydrogen-bond acceptors (Lipinski definition) is 3. The lowest BCUT2D eigenvalue weighted by Gasteiger charge is -2.30. The van der Waals surface area contributed by atoms with Crippen molar-refractivity contribution in [3.63, 3.8) is 0 Å². The van der Waals surface area contributed by atoms with Gasteiger partial charge in [-0.15, -0.1) is 11.3 Å². The van der Waals surface area contributed by atoms with Crippen molar-refractivity contribution in [2.75, 3.05) is 4.90 Å². The fraction of sp³-hybridized carbons (Fsp3) is 0. The van der Waals surface area contributed by atoms with Crippen LogP contribution in [0.1, 0.15) is 0 Å². The maximum atomic E-state index is 6.40. The van der Waals surface area contributed by atoms with Crippen molar-refractivity contribution in [1.82, 2.24) is 0 Å². The van der Waals surface area contributed by atoms with Gasteiger partial charge in [0.2, 0.25) is 0 Å². The van der Waals surface area contributed by atoms with Crippen molar-refractivity contribution >= 4 is 103 Å². The molecule has 0 N–H and O–H groups in total. The van der Waals surface area contributed by atoms with Gasteiger partial charge in [0.15, 0.2) is 0 Å². The van der Waals surface area contributed by atoms with E-state index in [1.54, 1.807) is 0 Å². The normalized spacial score (nSPS) is 11.9. The Morgan fingerprint density at radius 2 is 0.912 bits per heavy atom. The van der Waals surface area contributed by atoms with Crippen molar-refractivity contribution in [3.8, 4) is 22.3 Å². The van der Waals surface area contributed by atoms with Crippen LogP contribution in [-0.4, -0.2) is 0 Å². The Balaban J connectivity index is 1.27. The number of furan rings is 1. The molecule has 0 atom stereocenters. The molecular formula is C54H33NOS. The lowest BCUT2D eigenvalue weighted by molar-refractivity contribution is 0.669. The highest BCUT2D eigenvalue weighted by molar-refractivity contribution is 7.26. The van der Waals surface area contributed by atoms with Crippen LogP contribution in [0.25, 0.3) is 96.7 Å². The van der Waals surface area contributed by atoms with Gasteiger partial charge in [-0.2, -0.15) is 0 Å². The third-order valence-corrected chi connectivity index (χ3v) is 12.8. The summed E-state index contributed by atoms with van der Waals surface area (Å²) in [6, 6.07) is 73.0. The van der Waals surface area contributed by atoms with Gasteiger partial charge >= 0.3 is 0 Å². The van der Waals surface area contributed by atoms with Crippen LogP contribution in [0.3, 0.4) is 0 Å². The number of hydrogen-bond donors (Lipinski definition) is 0. The van der Waals surface area contributed by atoms with Gasteiger partial charge in [0.05, 0.1) is 11.4 Å². The van der Waals surface area contributed by atoms with E-state index >= 15 is 0 Å². The average molecular weight is 744 g/mol. The largest absolute Gasteiger partial charge is 0.456 e. The van der Waals surface area contributed by atoms with Gasteiger partial charge in [0.1, 0.15) is 11.2 Å². The number of thiophene rings is 1. The first-order valence-corrected chi connectivity index (χ1v) is 20.2. The van der Waals surface area contributed by atoms with Crippen LogP contribution in [0.15, 0.2) is 205 Å². The lowest BCUT2D eigenvalue weighted by atomic mass is 9.88. The Kier molecular flexibility index (Phi) is 7.13. The fourth-order valence-electron chi connectivity index (χ4n) is 9.13. The molecule has 2 heterocycles. The molecule has 0 spiro atoms. The van der Waals surface area contributed by atoms with Gasteiger partial charge in [-0.25, -0.2) is 0 Å². The molecular weight excluding hydrogens is 711 g/mol. The molecule has 0 aliphatic carbocycles. The minimum Gasteiger partial charge on any atom is -0.456 e. The monoisotopic (exact) mass is 743 g/mol. The maximum absolute atomic E-state index is 6.40. The standard InChI is InChI=1S/C54H33NOS/c1-2-15-34(16-3-1)36-17-4-5-18-37(36)46-32-44-40-21-8-6-19-38(40)39-20-7-9-22-41(39)45(44)33-49(46)55(35-29-30-51-47(31-35)42-23-10-12-26-50(42)56-51)48-25-14-28-53-54(48)43-24-11-13-27-52(43)57-53/h1-33H. The van der Waals surface area contributed by atoms with E-state index in [1.165, 1.54) is 69.2 Å². The summed E-state index contributed by atoms with van der Waals surface area (Å²) in [4.78, 5) is 2.52. The Hall–Kier alpha value is -7.20. The number of fused-ring (bicyclic) bond motifs is 12. The first-order valence-electron chi connectivity index (χ1n) is 19.4. The van der Waals surface area contributed by atoms with E-state index in [9.17, 15) is 0 Å². The lowest BCUT2D eigenvalue weighted by Crippen LogP contribution is -2.12. The van der Waals surface area contributed by atoms with Crippen LogP contribution in [0.2, 0.25) is 0 Å². The molecule has 0 amide bonds. The molecule has 12 rings (SSSR count). The zero-order valence-corrected chi connectivity index (χ0v) is 31.6. The molecule has 10 aromatic carbocycles. The molecule has 266 valence electrons. The van der Waals surface area contributed by atoms with Crippen LogP contribution in [-0.2, 0) is 0 Å². The maximum Gasteiger partial charge on any atom is 0.135 e. The van der Waals surface area contributed by atoms with Crippen molar-refractivity contribution in [2.24, 2.45) is 0 Å². The van der Waals surface area contributed by atoms with Gasteiger partial charge in [0, 0.05) is 42.2 Å². The van der Waals surface area contributed by atoms with E-state index in [1.807, 2.05) is 17.4 Å². The van der Waals surface area contributed by atoms with Crippen molar-refractivity contribution in [2.45, 2.75) is 0 Å². The van der Waals surface area contributed by atoms with Gasteiger partial charge in [-0.05, 0) is 104 Å². The van der Waals surface area contributed by atoms with Crippen LogP contribution < -0.4 is 4.90 Å². The average Bonchev–Trinajstić information content (AvgIpc) is 3.85.